The molecular formula is C11H15O6P. The molecule has 2 N–H and O–H groups in total. The molecule has 0 heterocycles. The third-order valence-corrected chi connectivity index (χ3v) is 3.02. The first kappa shape index (κ1) is 14.7. The van der Waals surface area contributed by atoms with Crippen molar-refractivity contribution in [1.29, 1.82) is 0 Å². The zero-order chi connectivity index (χ0) is 13.6. The van der Waals surface area contributed by atoms with Crippen LogP contribution in [0.15, 0.2) is 24.3 Å². The fourth-order valence-electron chi connectivity index (χ4n) is 1.20. The van der Waals surface area contributed by atoms with Crippen molar-refractivity contribution in [2.45, 2.75) is 19.8 Å². The predicted octanol–water partition coefficient (Wildman–Crippen LogP) is 2.68. The lowest BCUT2D eigenvalue weighted by molar-refractivity contribution is 0.0694. The molecule has 1 aromatic rings. The molecule has 1 aromatic carbocycles. The smallest absolute Gasteiger partial charge is 0.478 e. The second kappa shape index (κ2) is 6.54. The molecule has 0 aliphatic heterocycles. The number of phosphoric acid groups is 1. The van der Waals surface area contributed by atoms with Crippen LogP contribution in [0.25, 0.3) is 0 Å². The molecule has 0 bridgehead atoms. The highest BCUT2D eigenvalue weighted by atomic mass is 31.2. The molecule has 18 heavy (non-hydrogen) atoms. The van der Waals surface area contributed by atoms with Crippen molar-refractivity contribution in [3.05, 3.63) is 29.8 Å². The first-order chi connectivity index (χ1) is 8.46. The van der Waals surface area contributed by atoms with E-state index >= 15 is 0 Å². The summed E-state index contributed by atoms with van der Waals surface area (Å²) in [5.41, 5.74) is -0.189. The number of carboxylic acids is 1. The van der Waals surface area contributed by atoms with E-state index < -0.39 is 13.8 Å². The van der Waals surface area contributed by atoms with Gasteiger partial charge < -0.3 is 9.63 Å². The van der Waals surface area contributed by atoms with Crippen molar-refractivity contribution in [3.8, 4) is 5.75 Å². The van der Waals surface area contributed by atoms with Crippen molar-refractivity contribution < 1.29 is 28.4 Å². The fourth-order valence-corrected chi connectivity index (χ4v) is 2.02. The number of carboxylic acid groups (broad SMARTS) is 1. The van der Waals surface area contributed by atoms with Crippen LogP contribution in [0.5, 0.6) is 5.75 Å². The Morgan fingerprint density at radius 3 is 2.67 bits per heavy atom. The van der Waals surface area contributed by atoms with Gasteiger partial charge in [-0.1, -0.05) is 25.5 Å². The molecule has 1 rings (SSSR count). The zero-order valence-electron chi connectivity index (χ0n) is 9.91. The molecule has 1 unspecified atom stereocenters. The van der Waals surface area contributed by atoms with Gasteiger partial charge in [0.1, 0.15) is 11.3 Å². The van der Waals surface area contributed by atoms with Crippen molar-refractivity contribution in [3.63, 3.8) is 0 Å². The number of unbranched alkanes of at least 4 members (excludes halogenated alkanes) is 1. The van der Waals surface area contributed by atoms with E-state index in [2.05, 4.69) is 0 Å². The van der Waals surface area contributed by atoms with Gasteiger partial charge in [0.2, 0.25) is 0 Å². The zero-order valence-corrected chi connectivity index (χ0v) is 10.8. The topological polar surface area (TPSA) is 93.1 Å². The van der Waals surface area contributed by atoms with Crippen LogP contribution in [0.3, 0.4) is 0 Å². The molecule has 7 heteroatoms. The maximum atomic E-state index is 11.6. The summed E-state index contributed by atoms with van der Waals surface area (Å²) in [7, 11) is -4.27. The minimum atomic E-state index is -4.27. The second-order valence-electron chi connectivity index (χ2n) is 3.55. The lowest BCUT2D eigenvalue weighted by Gasteiger charge is -2.14. The lowest BCUT2D eigenvalue weighted by atomic mass is 10.2. The van der Waals surface area contributed by atoms with Crippen LogP contribution in [0, 0.1) is 0 Å². The monoisotopic (exact) mass is 274 g/mol. The van der Waals surface area contributed by atoms with E-state index in [0.29, 0.717) is 6.42 Å². The molecular weight excluding hydrogens is 259 g/mol. The van der Waals surface area contributed by atoms with Crippen LogP contribution in [0.1, 0.15) is 30.1 Å². The van der Waals surface area contributed by atoms with Gasteiger partial charge >= 0.3 is 13.8 Å². The Balaban J connectivity index is 2.77. The summed E-state index contributed by atoms with van der Waals surface area (Å²) in [4.78, 5) is 20.3. The molecule has 1 atom stereocenters. The van der Waals surface area contributed by atoms with Gasteiger partial charge in [0.15, 0.2) is 0 Å². The summed E-state index contributed by atoms with van der Waals surface area (Å²) in [6, 6.07) is 5.59. The standard InChI is InChI=1S/C11H15O6P/c1-2-3-8-16-18(14,15)17-10-7-5-4-6-9(10)11(12)13/h4-7H,2-3,8H2,1H3,(H,12,13)(H,14,15). The van der Waals surface area contributed by atoms with E-state index in [1.54, 1.807) is 0 Å². The molecule has 0 fully saturated rings. The second-order valence-corrected chi connectivity index (χ2v) is 4.93. The van der Waals surface area contributed by atoms with Crippen molar-refractivity contribution in [2.75, 3.05) is 6.61 Å². The highest BCUT2D eigenvalue weighted by molar-refractivity contribution is 7.47. The van der Waals surface area contributed by atoms with Gasteiger partial charge in [0.05, 0.1) is 6.61 Å². The van der Waals surface area contributed by atoms with Crippen LogP contribution in [-0.4, -0.2) is 22.6 Å². The average Bonchev–Trinajstić information content (AvgIpc) is 2.29. The quantitative estimate of drug-likeness (QED) is 0.586. The van der Waals surface area contributed by atoms with Crippen molar-refractivity contribution in [1.82, 2.24) is 0 Å². The molecule has 0 aromatic heterocycles. The minimum Gasteiger partial charge on any atom is -0.478 e. The van der Waals surface area contributed by atoms with E-state index in [1.807, 2.05) is 6.92 Å². The highest BCUT2D eigenvalue weighted by Gasteiger charge is 2.25. The number of rotatable bonds is 7. The molecule has 0 radical (unpaired) electrons. The van der Waals surface area contributed by atoms with E-state index in [1.165, 1.54) is 24.3 Å². The summed E-state index contributed by atoms with van der Waals surface area (Å²) in [6.07, 6.45) is 1.43. The Bertz CT molecular complexity index is 459. The summed E-state index contributed by atoms with van der Waals surface area (Å²) in [5, 5.41) is 8.88. The van der Waals surface area contributed by atoms with Crippen molar-refractivity contribution in [2.24, 2.45) is 0 Å². The number of hydrogen-bond donors (Lipinski definition) is 2. The number of phosphoric ester groups is 1. The first-order valence-electron chi connectivity index (χ1n) is 5.45. The largest absolute Gasteiger partial charge is 0.527 e. The summed E-state index contributed by atoms with van der Waals surface area (Å²) in [5.74, 6) is -1.42. The molecule has 100 valence electrons. The summed E-state index contributed by atoms with van der Waals surface area (Å²) >= 11 is 0. The van der Waals surface area contributed by atoms with Crippen LogP contribution in [0.2, 0.25) is 0 Å². The third-order valence-electron chi connectivity index (χ3n) is 2.08. The molecule has 0 spiro atoms. The molecule has 0 amide bonds. The number of para-hydroxylation sites is 1. The lowest BCUT2D eigenvalue weighted by Crippen LogP contribution is -2.04. The van der Waals surface area contributed by atoms with Crippen LogP contribution < -0.4 is 4.52 Å². The predicted molar refractivity (Wildman–Crippen MR) is 64.7 cm³/mol. The van der Waals surface area contributed by atoms with Crippen LogP contribution >= 0.6 is 7.82 Å². The van der Waals surface area contributed by atoms with E-state index in [9.17, 15) is 14.3 Å². The Kier molecular flexibility index (Phi) is 5.34. The van der Waals surface area contributed by atoms with Gasteiger partial charge in [0, 0.05) is 0 Å². The Morgan fingerprint density at radius 1 is 1.39 bits per heavy atom. The SMILES string of the molecule is CCCCOP(=O)(O)Oc1ccccc1C(=O)O. The summed E-state index contributed by atoms with van der Waals surface area (Å²) in [6.45, 7) is 1.99. The van der Waals surface area contributed by atoms with Gasteiger partial charge in [-0.3, -0.25) is 9.42 Å². The van der Waals surface area contributed by atoms with E-state index in [-0.39, 0.29) is 17.9 Å². The van der Waals surface area contributed by atoms with Crippen LogP contribution in [-0.2, 0) is 9.09 Å². The normalized spacial score (nSPS) is 13.9. The van der Waals surface area contributed by atoms with E-state index in [0.717, 1.165) is 6.42 Å². The summed E-state index contributed by atoms with van der Waals surface area (Å²) < 4.78 is 21.0. The third kappa shape index (κ3) is 4.49. The van der Waals surface area contributed by atoms with Gasteiger partial charge in [-0.2, -0.15) is 0 Å². The highest BCUT2D eigenvalue weighted by Crippen LogP contribution is 2.44. The Morgan fingerprint density at radius 2 is 2.06 bits per heavy atom. The number of hydrogen-bond acceptors (Lipinski definition) is 4. The number of aromatic carboxylic acids is 1. The Labute approximate surface area is 105 Å². The van der Waals surface area contributed by atoms with Gasteiger partial charge in [-0.05, 0) is 18.6 Å². The van der Waals surface area contributed by atoms with Crippen molar-refractivity contribution >= 4 is 13.8 Å². The average molecular weight is 274 g/mol. The molecule has 0 saturated carbocycles. The molecule has 6 nitrogen and oxygen atoms in total. The van der Waals surface area contributed by atoms with Gasteiger partial charge in [-0.25, -0.2) is 9.36 Å². The number of carbonyl (C=O) groups is 1. The van der Waals surface area contributed by atoms with Gasteiger partial charge in [0.25, 0.3) is 0 Å². The first-order valence-corrected chi connectivity index (χ1v) is 6.95. The van der Waals surface area contributed by atoms with E-state index in [4.69, 9.17) is 14.2 Å². The fraction of sp³-hybridized carbons (Fsp3) is 0.364. The molecule has 0 saturated heterocycles. The maximum absolute atomic E-state index is 11.6. The van der Waals surface area contributed by atoms with Crippen LogP contribution in [0.4, 0.5) is 0 Å². The Hall–Kier alpha value is -1.36. The molecule has 0 aliphatic carbocycles. The minimum absolute atomic E-state index is 0.0829. The van der Waals surface area contributed by atoms with Gasteiger partial charge in [-0.15, -0.1) is 0 Å². The number of benzene rings is 1. The molecule has 0 aliphatic rings. The maximum Gasteiger partial charge on any atom is 0.527 e.